The van der Waals surface area contributed by atoms with Crippen LogP contribution in [0.4, 0.5) is 0 Å². The van der Waals surface area contributed by atoms with Crippen LogP contribution in [0.15, 0.2) is 18.2 Å². The molecule has 1 unspecified atom stereocenters. The van der Waals surface area contributed by atoms with E-state index < -0.39 is 0 Å². The zero-order valence-electron chi connectivity index (χ0n) is 9.61. The van der Waals surface area contributed by atoms with E-state index in [-0.39, 0.29) is 11.5 Å². The molecule has 1 aliphatic rings. The van der Waals surface area contributed by atoms with Crippen molar-refractivity contribution < 1.29 is 10.2 Å². The third-order valence-electron chi connectivity index (χ3n) is 3.26. The highest BCUT2D eigenvalue weighted by Crippen LogP contribution is 2.36. The SMILES string of the molecule is CC(CNCc1ccc(O)c(O)c1)C1CC1. The maximum absolute atomic E-state index is 9.33. The summed E-state index contributed by atoms with van der Waals surface area (Å²) in [5.74, 6) is 1.55. The first kappa shape index (κ1) is 11.3. The Labute approximate surface area is 96.1 Å². The van der Waals surface area contributed by atoms with Crippen molar-refractivity contribution in [3.8, 4) is 11.5 Å². The first-order chi connectivity index (χ1) is 7.66. The summed E-state index contributed by atoms with van der Waals surface area (Å²) in [5.41, 5.74) is 0.998. The number of rotatable bonds is 5. The Morgan fingerprint density at radius 3 is 2.69 bits per heavy atom. The first-order valence-electron chi connectivity index (χ1n) is 5.88. The fourth-order valence-corrected chi connectivity index (χ4v) is 1.96. The Balaban J connectivity index is 1.78. The average molecular weight is 221 g/mol. The molecule has 1 aromatic rings. The van der Waals surface area contributed by atoms with Crippen molar-refractivity contribution in [1.82, 2.24) is 5.32 Å². The summed E-state index contributed by atoms with van der Waals surface area (Å²) < 4.78 is 0. The van der Waals surface area contributed by atoms with Gasteiger partial charge in [0, 0.05) is 6.54 Å². The van der Waals surface area contributed by atoms with Crippen molar-refractivity contribution in [1.29, 1.82) is 0 Å². The fourth-order valence-electron chi connectivity index (χ4n) is 1.96. The van der Waals surface area contributed by atoms with Gasteiger partial charge in [-0.25, -0.2) is 0 Å². The van der Waals surface area contributed by atoms with Gasteiger partial charge in [-0.2, -0.15) is 0 Å². The van der Waals surface area contributed by atoms with Crippen LogP contribution in [0, 0.1) is 11.8 Å². The summed E-state index contributed by atoms with van der Waals surface area (Å²) in [5, 5.41) is 21.9. The van der Waals surface area contributed by atoms with Crippen molar-refractivity contribution in [2.75, 3.05) is 6.54 Å². The molecule has 0 amide bonds. The van der Waals surface area contributed by atoms with E-state index in [2.05, 4.69) is 12.2 Å². The number of hydrogen-bond acceptors (Lipinski definition) is 3. The summed E-state index contributed by atoms with van der Waals surface area (Å²) in [6, 6.07) is 4.95. The third-order valence-corrected chi connectivity index (χ3v) is 3.26. The normalized spacial score (nSPS) is 17.3. The van der Waals surface area contributed by atoms with Crippen molar-refractivity contribution in [3.63, 3.8) is 0 Å². The van der Waals surface area contributed by atoms with E-state index in [1.165, 1.54) is 18.9 Å². The second-order valence-corrected chi connectivity index (χ2v) is 4.77. The van der Waals surface area contributed by atoms with E-state index >= 15 is 0 Å². The molecule has 0 radical (unpaired) electrons. The van der Waals surface area contributed by atoms with Gasteiger partial charge in [0.15, 0.2) is 11.5 Å². The Hall–Kier alpha value is -1.22. The topological polar surface area (TPSA) is 52.5 Å². The van der Waals surface area contributed by atoms with Crippen LogP contribution in [-0.4, -0.2) is 16.8 Å². The van der Waals surface area contributed by atoms with Gasteiger partial charge in [-0.1, -0.05) is 13.0 Å². The van der Waals surface area contributed by atoms with Crippen molar-refractivity contribution in [2.45, 2.75) is 26.3 Å². The smallest absolute Gasteiger partial charge is 0.157 e. The molecule has 1 atom stereocenters. The van der Waals surface area contributed by atoms with E-state index in [1.54, 1.807) is 6.07 Å². The predicted octanol–water partition coefficient (Wildman–Crippen LogP) is 2.23. The van der Waals surface area contributed by atoms with Crippen LogP contribution >= 0.6 is 0 Å². The first-order valence-corrected chi connectivity index (χ1v) is 5.88. The highest BCUT2D eigenvalue weighted by Gasteiger charge is 2.27. The molecule has 0 saturated heterocycles. The van der Waals surface area contributed by atoms with Crippen LogP contribution < -0.4 is 5.32 Å². The van der Waals surface area contributed by atoms with E-state index in [4.69, 9.17) is 5.11 Å². The van der Waals surface area contributed by atoms with Crippen LogP contribution in [0.5, 0.6) is 11.5 Å². The number of hydrogen-bond donors (Lipinski definition) is 3. The van der Waals surface area contributed by atoms with Gasteiger partial charge < -0.3 is 15.5 Å². The molecule has 1 fully saturated rings. The second kappa shape index (κ2) is 4.74. The molecule has 0 spiro atoms. The van der Waals surface area contributed by atoms with Gasteiger partial charge in [-0.3, -0.25) is 0 Å². The number of aromatic hydroxyl groups is 2. The molecule has 3 heteroatoms. The zero-order valence-corrected chi connectivity index (χ0v) is 9.61. The standard InChI is InChI=1S/C13H19NO2/c1-9(11-3-4-11)7-14-8-10-2-5-12(15)13(16)6-10/h2,5-6,9,11,14-16H,3-4,7-8H2,1H3. The number of benzene rings is 1. The average Bonchev–Trinajstić information content (AvgIpc) is 3.07. The number of phenolic OH excluding ortho intramolecular Hbond substituents is 2. The van der Waals surface area contributed by atoms with Gasteiger partial charge in [-0.05, 0) is 48.9 Å². The quantitative estimate of drug-likeness (QED) is 0.668. The molecule has 0 heterocycles. The predicted molar refractivity (Wildman–Crippen MR) is 63.4 cm³/mol. The highest BCUT2D eigenvalue weighted by atomic mass is 16.3. The largest absolute Gasteiger partial charge is 0.504 e. The second-order valence-electron chi connectivity index (χ2n) is 4.77. The Morgan fingerprint density at radius 1 is 1.31 bits per heavy atom. The molecule has 1 saturated carbocycles. The molecule has 0 aliphatic heterocycles. The molecule has 3 nitrogen and oxygen atoms in total. The zero-order chi connectivity index (χ0) is 11.5. The molecule has 3 N–H and O–H groups in total. The number of nitrogens with one attached hydrogen (secondary N) is 1. The van der Waals surface area contributed by atoms with E-state index in [0.29, 0.717) is 0 Å². The lowest BCUT2D eigenvalue weighted by Gasteiger charge is -2.11. The Kier molecular flexibility index (Phi) is 3.34. The van der Waals surface area contributed by atoms with Gasteiger partial charge in [0.2, 0.25) is 0 Å². The van der Waals surface area contributed by atoms with Gasteiger partial charge in [-0.15, -0.1) is 0 Å². The lowest BCUT2D eigenvalue weighted by atomic mass is 10.1. The van der Waals surface area contributed by atoms with Gasteiger partial charge in [0.05, 0.1) is 0 Å². The van der Waals surface area contributed by atoms with E-state index in [9.17, 15) is 5.11 Å². The van der Waals surface area contributed by atoms with Crippen molar-refractivity contribution in [3.05, 3.63) is 23.8 Å². The maximum Gasteiger partial charge on any atom is 0.157 e. The Morgan fingerprint density at radius 2 is 2.06 bits per heavy atom. The summed E-state index contributed by atoms with van der Waals surface area (Å²) in [4.78, 5) is 0. The summed E-state index contributed by atoms with van der Waals surface area (Å²) in [6.45, 7) is 4.04. The molecule has 1 aromatic carbocycles. The van der Waals surface area contributed by atoms with Crippen molar-refractivity contribution >= 4 is 0 Å². The molecule has 0 bridgehead atoms. The molecule has 2 rings (SSSR count). The molecule has 16 heavy (non-hydrogen) atoms. The minimum atomic E-state index is -0.0601. The van der Waals surface area contributed by atoms with E-state index in [0.717, 1.165) is 30.5 Å². The van der Waals surface area contributed by atoms with Gasteiger partial charge in [0.25, 0.3) is 0 Å². The Bertz CT molecular complexity index is 361. The van der Waals surface area contributed by atoms with Gasteiger partial charge in [0.1, 0.15) is 0 Å². The lowest BCUT2D eigenvalue weighted by Crippen LogP contribution is -2.21. The minimum Gasteiger partial charge on any atom is -0.504 e. The maximum atomic E-state index is 9.33. The van der Waals surface area contributed by atoms with Crippen LogP contribution in [0.2, 0.25) is 0 Å². The molecular weight excluding hydrogens is 202 g/mol. The number of phenols is 2. The summed E-state index contributed by atoms with van der Waals surface area (Å²) >= 11 is 0. The van der Waals surface area contributed by atoms with E-state index in [1.807, 2.05) is 6.07 Å². The lowest BCUT2D eigenvalue weighted by molar-refractivity contribution is 0.402. The molecule has 0 aromatic heterocycles. The highest BCUT2D eigenvalue weighted by molar-refractivity contribution is 5.40. The van der Waals surface area contributed by atoms with Crippen LogP contribution in [0.25, 0.3) is 0 Å². The summed E-state index contributed by atoms with van der Waals surface area (Å²) in [7, 11) is 0. The molecule has 88 valence electrons. The molecular formula is C13H19NO2. The van der Waals surface area contributed by atoms with Crippen molar-refractivity contribution in [2.24, 2.45) is 11.8 Å². The van der Waals surface area contributed by atoms with Crippen LogP contribution in [-0.2, 0) is 6.54 Å². The van der Waals surface area contributed by atoms with Crippen LogP contribution in [0.3, 0.4) is 0 Å². The van der Waals surface area contributed by atoms with Crippen LogP contribution in [0.1, 0.15) is 25.3 Å². The molecule has 1 aliphatic carbocycles. The fraction of sp³-hybridized carbons (Fsp3) is 0.538. The summed E-state index contributed by atoms with van der Waals surface area (Å²) in [6.07, 6.45) is 2.76. The third kappa shape index (κ3) is 2.89. The minimum absolute atomic E-state index is 0.0467. The van der Waals surface area contributed by atoms with Gasteiger partial charge >= 0.3 is 0 Å². The monoisotopic (exact) mass is 221 g/mol.